The molecule has 1 unspecified atom stereocenters. The van der Waals surface area contributed by atoms with Gasteiger partial charge in [0, 0.05) is 31.8 Å². The van der Waals surface area contributed by atoms with Crippen LogP contribution in [0.1, 0.15) is 33.6 Å². The average Bonchev–Trinajstić information content (AvgIpc) is 2.60. The van der Waals surface area contributed by atoms with E-state index in [9.17, 15) is 9.59 Å². The molecule has 1 atom stereocenters. The molecule has 0 spiro atoms. The number of nitrogens with zero attached hydrogens (tertiary/aromatic N) is 1. The van der Waals surface area contributed by atoms with E-state index < -0.39 is 0 Å². The molecule has 138 valence electrons. The second-order valence-corrected chi connectivity index (χ2v) is 6.86. The first-order valence-electron chi connectivity index (χ1n) is 8.78. The first-order chi connectivity index (χ1) is 11.9. The van der Waals surface area contributed by atoms with E-state index in [0.717, 1.165) is 19.4 Å². The fourth-order valence-electron chi connectivity index (χ4n) is 2.85. The van der Waals surface area contributed by atoms with E-state index in [1.807, 2.05) is 0 Å². The van der Waals surface area contributed by atoms with E-state index in [-0.39, 0.29) is 17.7 Å². The Morgan fingerprint density at radius 2 is 2.08 bits per heavy atom. The van der Waals surface area contributed by atoms with Gasteiger partial charge >= 0.3 is 0 Å². The predicted molar refractivity (Wildman–Crippen MR) is 96.9 cm³/mol. The van der Waals surface area contributed by atoms with E-state index in [4.69, 9.17) is 9.47 Å². The summed E-state index contributed by atoms with van der Waals surface area (Å²) in [6.45, 7) is 7.47. The predicted octanol–water partition coefficient (Wildman–Crippen LogP) is 2.93. The highest BCUT2D eigenvalue weighted by molar-refractivity contribution is 5.93. The van der Waals surface area contributed by atoms with Gasteiger partial charge in [0.15, 0.2) is 11.5 Å². The Labute approximate surface area is 149 Å². The van der Waals surface area contributed by atoms with E-state index in [1.165, 1.54) is 0 Å². The van der Waals surface area contributed by atoms with Gasteiger partial charge in [0.25, 0.3) is 0 Å². The van der Waals surface area contributed by atoms with Crippen molar-refractivity contribution >= 4 is 17.5 Å². The molecule has 25 heavy (non-hydrogen) atoms. The largest absolute Gasteiger partial charge is 0.493 e. The molecule has 2 amide bonds. The summed E-state index contributed by atoms with van der Waals surface area (Å²) in [7, 11) is 1.59. The van der Waals surface area contributed by atoms with Gasteiger partial charge in [-0.1, -0.05) is 13.8 Å². The smallest absolute Gasteiger partial charge is 0.229 e. The Morgan fingerprint density at radius 3 is 2.72 bits per heavy atom. The molecule has 0 aliphatic carbocycles. The van der Waals surface area contributed by atoms with Crippen molar-refractivity contribution in [2.45, 2.75) is 33.6 Å². The minimum Gasteiger partial charge on any atom is -0.493 e. The van der Waals surface area contributed by atoms with Crippen molar-refractivity contribution in [3.63, 3.8) is 0 Å². The highest BCUT2D eigenvalue weighted by atomic mass is 16.5. The molecule has 1 N–H and O–H groups in total. The van der Waals surface area contributed by atoms with Crippen LogP contribution in [-0.4, -0.2) is 43.5 Å². The molecule has 1 heterocycles. The van der Waals surface area contributed by atoms with E-state index in [1.54, 1.807) is 37.1 Å². The van der Waals surface area contributed by atoms with Gasteiger partial charge in [0.2, 0.25) is 11.8 Å². The monoisotopic (exact) mass is 348 g/mol. The summed E-state index contributed by atoms with van der Waals surface area (Å²) in [6, 6.07) is 5.36. The lowest BCUT2D eigenvalue weighted by Gasteiger charge is -2.31. The first kappa shape index (κ1) is 19.1. The summed E-state index contributed by atoms with van der Waals surface area (Å²) in [5, 5.41) is 2.94. The second kappa shape index (κ2) is 8.74. The number of likely N-dealkylation sites (tertiary alicyclic amines) is 1. The summed E-state index contributed by atoms with van der Waals surface area (Å²) in [6.07, 6.45) is 1.64. The molecule has 6 nitrogen and oxygen atoms in total. The van der Waals surface area contributed by atoms with Gasteiger partial charge in [0.05, 0.1) is 19.6 Å². The van der Waals surface area contributed by atoms with Crippen LogP contribution in [0.15, 0.2) is 18.2 Å². The lowest BCUT2D eigenvalue weighted by molar-refractivity contribution is -0.132. The minimum absolute atomic E-state index is 0.0197. The summed E-state index contributed by atoms with van der Waals surface area (Å²) in [5.74, 6) is 1.42. The number of piperidine rings is 1. The SMILES string of the molecule is COc1ccc(NC(=O)C2CCCN(C(C)=O)C2)cc1OCC(C)C. The topological polar surface area (TPSA) is 67.9 Å². The van der Waals surface area contributed by atoms with Crippen LogP contribution in [0, 0.1) is 11.8 Å². The minimum atomic E-state index is -0.181. The lowest BCUT2D eigenvalue weighted by Crippen LogP contribution is -2.42. The molecule has 0 aromatic heterocycles. The van der Waals surface area contributed by atoms with Crippen LogP contribution in [0.4, 0.5) is 5.69 Å². The fourth-order valence-corrected chi connectivity index (χ4v) is 2.85. The summed E-state index contributed by atoms with van der Waals surface area (Å²) in [5.41, 5.74) is 0.671. The number of carbonyl (C=O) groups excluding carboxylic acids is 2. The fraction of sp³-hybridized carbons (Fsp3) is 0.579. The molecule has 1 aliphatic heterocycles. The molecule has 0 saturated carbocycles. The zero-order valence-corrected chi connectivity index (χ0v) is 15.5. The summed E-state index contributed by atoms with van der Waals surface area (Å²) < 4.78 is 11.1. The van der Waals surface area contributed by atoms with Crippen LogP contribution in [0.25, 0.3) is 0 Å². The second-order valence-electron chi connectivity index (χ2n) is 6.86. The van der Waals surface area contributed by atoms with Gasteiger partial charge in [-0.15, -0.1) is 0 Å². The Morgan fingerprint density at radius 1 is 1.32 bits per heavy atom. The number of anilines is 1. The lowest BCUT2D eigenvalue weighted by atomic mass is 9.97. The standard InChI is InChI=1S/C19H28N2O4/c1-13(2)12-25-18-10-16(7-8-17(18)24-4)20-19(23)15-6-5-9-21(11-15)14(3)22/h7-8,10,13,15H,5-6,9,11-12H2,1-4H3,(H,20,23). The van der Waals surface area contributed by atoms with Crippen molar-refractivity contribution in [3.05, 3.63) is 18.2 Å². The molecule has 1 aromatic rings. The summed E-state index contributed by atoms with van der Waals surface area (Å²) in [4.78, 5) is 25.8. The van der Waals surface area contributed by atoms with E-state index in [2.05, 4.69) is 19.2 Å². The molecule has 0 radical (unpaired) electrons. The molecule has 1 saturated heterocycles. The first-order valence-corrected chi connectivity index (χ1v) is 8.78. The number of amides is 2. The van der Waals surface area contributed by atoms with Gasteiger partial charge in [-0.3, -0.25) is 9.59 Å². The molecule has 1 aliphatic rings. The Bertz CT molecular complexity index is 615. The summed E-state index contributed by atoms with van der Waals surface area (Å²) >= 11 is 0. The van der Waals surface area contributed by atoms with Crippen molar-refractivity contribution in [3.8, 4) is 11.5 Å². The molecule has 0 bridgehead atoms. The van der Waals surface area contributed by atoms with Crippen molar-refractivity contribution in [1.29, 1.82) is 0 Å². The van der Waals surface area contributed by atoms with Gasteiger partial charge in [0.1, 0.15) is 0 Å². The highest BCUT2D eigenvalue weighted by Crippen LogP contribution is 2.31. The van der Waals surface area contributed by atoms with Crippen LogP contribution in [0.2, 0.25) is 0 Å². The van der Waals surface area contributed by atoms with Crippen LogP contribution in [-0.2, 0) is 9.59 Å². The average molecular weight is 348 g/mol. The number of nitrogens with one attached hydrogen (secondary N) is 1. The third kappa shape index (κ3) is 5.37. The maximum Gasteiger partial charge on any atom is 0.229 e. The number of carbonyl (C=O) groups is 2. The van der Waals surface area contributed by atoms with Crippen molar-refractivity contribution < 1.29 is 19.1 Å². The number of hydrogen-bond acceptors (Lipinski definition) is 4. The van der Waals surface area contributed by atoms with Crippen LogP contribution < -0.4 is 14.8 Å². The van der Waals surface area contributed by atoms with E-state index in [0.29, 0.717) is 36.3 Å². The Hall–Kier alpha value is -2.24. The van der Waals surface area contributed by atoms with Gasteiger partial charge in [-0.25, -0.2) is 0 Å². The highest BCUT2D eigenvalue weighted by Gasteiger charge is 2.27. The van der Waals surface area contributed by atoms with Crippen molar-refractivity contribution in [2.75, 3.05) is 32.1 Å². The number of rotatable bonds is 6. The Balaban J connectivity index is 2.04. The molecular formula is C19H28N2O4. The van der Waals surface area contributed by atoms with Crippen LogP contribution in [0.3, 0.4) is 0 Å². The van der Waals surface area contributed by atoms with Gasteiger partial charge in [-0.05, 0) is 30.9 Å². The Kier molecular flexibility index (Phi) is 6.67. The number of methoxy groups -OCH3 is 1. The van der Waals surface area contributed by atoms with Crippen molar-refractivity contribution in [1.82, 2.24) is 4.90 Å². The number of benzene rings is 1. The third-order valence-electron chi connectivity index (χ3n) is 4.24. The molecule has 6 heteroatoms. The number of ether oxygens (including phenoxy) is 2. The molecular weight excluding hydrogens is 320 g/mol. The van der Waals surface area contributed by atoms with Crippen LogP contribution in [0.5, 0.6) is 11.5 Å². The molecule has 1 aromatic carbocycles. The zero-order chi connectivity index (χ0) is 18.4. The zero-order valence-electron chi connectivity index (χ0n) is 15.5. The van der Waals surface area contributed by atoms with Crippen LogP contribution >= 0.6 is 0 Å². The molecule has 2 rings (SSSR count). The third-order valence-corrected chi connectivity index (χ3v) is 4.24. The van der Waals surface area contributed by atoms with Crippen molar-refractivity contribution in [2.24, 2.45) is 11.8 Å². The quantitative estimate of drug-likeness (QED) is 0.858. The van der Waals surface area contributed by atoms with Gasteiger partial charge < -0.3 is 19.7 Å². The normalized spacial score (nSPS) is 17.3. The van der Waals surface area contributed by atoms with Gasteiger partial charge in [-0.2, -0.15) is 0 Å². The maximum absolute atomic E-state index is 12.5. The molecule has 1 fully saturated rings. The van der Waals surface area contributed by atoms with E-state index >= 15 is 0 Å². The maximum atomic E-state index is 12.5. The number of hydrogen-bond donors (Lipinski definition) is 1.